The molecule has 36 heteroatoms. The largest absolute Gasteiger partial charge is 0.494 e. The summed E-state index contributed by atoms with van der Waals surface area (Å²) in [6, 6.07) is -2.52. The number of hydrogen-bond acceptors (Lipinski definition) is 31. The molecule has 98 heavy (non-hydrogen) atoms. The molecule has 36 nitrogen and oxygen atoms in total. The number of rotatable bonds is 31. The van der Waals surface area contributed by atoms with Crippen molar-refractivity contribution in [3.8, 4) is 5.75 Å². The molecular weight excluding hydrogens is 1310 g/mol. The normalized spacial score (nSPS) is 39.9. The molecule has 0 radical (unpaired) electrons. The molecule has 1 aromatic rings. The standard InChI is InChI=1S/C62H99N5O31/c1-7-8-9-10-11-12-13-14-15-19-87-32-18-16-17-31(20-32)56(85)67-39-45(78)44(77)33(21-68)91-58(39)95-52-34(22-69)92-59(40(47(52)80)64-28(4)73)96-53-35(23-70)93-60(41(48(53)81)65-29(5)74)97-54-36(24-71)94-61(42(49(54)82)66-30(6)75)98-55-37(90-57(86)38(46(55)79)63-27(3)72)25-88-62-51(84)50(83)43(76)26(2)89-62/h12-13,16-18,20,26,33-55,57-62,68-71,76-84,86H,7-11,14-15,19,21-25H2,1-6H3,(H,63,72)(H,64,73)(H,65,74)(H,66,75)(H,67,85)/b13-12-/t26?,33?,34-,35?,36-,37?,38-,39-,40?,41-,42?,43?,44+,45?,46+,47?,48+,49?,50-,51+,52+,53?,54+,55?,57?,58-,59-,60-,61?,62+/m0/s1. The minimum absolute atomic E-state index is 0.0454. The fraction of sp³-hybridized carbons (Fsp3) is 0.790. The van der Waals surface area contributed by atoms with Crippen molar-refractivity contribution in [2.45, 2.75) is 270 Å². The van der Waals surface area contributed by atoms with E-state index >= 15 is 0 Å². The lowest BCUT2D eigenvalue weighted by Gasteiger charge is -2.51. The number of aliphatic hydroxyl groups is 14. The number of amides is 5. The Morgan fingerprint density at radius 1 is 0.449 bits per heavy atom. The predicted molar refractivity (Wildman–Crippen MR) is 328 cm³/mol. The number of hydrogen-bond donors (Lipinski definition) is 19. The molecule has 0 spiro atoms. The summed E-state index contributed by atoms with van der Waals surface area (Å²) in [7, 11) is 0. The molecule has 19 N–H and O–H groups in total. The molecule has 6 heterocycles. The van der Waals surface area contributed by atoms with Gasteiger partial charge in [0.15, 0.2) is 37.7 Å². The molecule has 0 bridgehead atoms. The highest BCUT2D eigenvalue weighted by Gasteiger charge is 2.58. The van der Waals surface area contributed by atoms with Crippen LogP contribution < -0.4 is 31.3 Å². The summed E-state index contributed by atoms with van der Waals surface area (Å²) in [5.41, 5.74) is 0.0454. The Bertz CT molecular complexity index is 2710. The molecule has 30 atom stereocenters. The van der Waals surface area contributed by atoms with Crippen molar-refractivity contribution in [2.75, 3.05) is 39.6 Å². The highest BCUT2D eigenvalue weighted by Crippen LogP contribution is 2.37. The lowest BCUT2D eigenvalue weighted by Crippen LogP contribution is -2.72. The monoisotopic (exact) mass is 1410 g/mol. The fourth-order valence-electron chi connectivity index (χ4n) is 12.4. The maximum absolute atomic E-state index is 13.9. The Labute approximate surface area is 564 Å². The van der Waals surface area contributed by atoms with Gasteiger partial charge >= 0.3 is 0 Å². The zero-order valence-electron chi connectivity index (χ0n) is 55.2. The first-order valence-electron chi connectivity index (χ1n) is 32.8. The molecule has 1 aromatic carbocycles. The van der Waals surface area contributed by atoms with Crippen LogP contribution in [0.15, 0.2) is 36.4 Å². The fourth-order valence-corrected chi connectivity index (χ4v) is 12.4. The van der Waals surface area contributed by atoms with Crippen LogP contribution >= 0.6 is 0 Å². The predicted octanol–water partition coefficient (Wildman–Crippen LogP) is -7.37. The lowest BCUT2D eigenvalue weighted by molar-refractivity contribution is -0.368. The van der Waals surface area contributed by atoms with Crippen molar-refractivity contribution >= 4 is 29.5 Å². The van der Waals surface area contributed by atoms with Gasteiger partial charge in [0.1, 0.15) is 146 Å². The Hall–Kier alpha value is -4.89. The minimum Gasteiger partial charge on any atom is -0.494 e. The molecule has 6 aliphatic rings. The topological polar surface area (TPSA) is 539 Å². The summed E-state index contributed by atoms with van der Waals surface area (Å²) in [6.07, 6.45) is -33.6. The third-order valence-electron chi connectivity index (χ3n) is 17.6. The maximum Gasteiger partial charge on any atom is 0.251 e. The van der Waals surface area contributed by atoms with E-state index in [4.69, 9.17) is 56.8 Å². The van der Waals surface area contributed by atoms with Crippen LogP contribution in [0.5, 0.6) is 5.75 Å². The summed E-state index contributed by atoms with van der Waals surface area (Å²) in [5.74, 6) is -3.72. The second kappa shape index (κ2) is 37.9. The zero-order valence-corrected chi connectivity index (χ0v) is 55.2. The van der Waals surface area contributed by atoms with Gasteiger partial charge < -0.3 is 155 Å². The van der Waals surface area contributed by atoms with Crippen LogP contribution in [0.3, 0.4) is 0 Å². The second-order valence-corrected chi connectivity index (χ2v) is 25.1. The van der Waals surface area contributed by atoms with E-state index in [0.29, 0.717) is 18.8 Å². The van der Waals surface area contributed by atoms with Gasteiger partial charge in [0.2, 0.25) is 23.6 Å². The van der Waals surface area contributed by atoms with E-state index in [1.807, 2.05) is 0 Å². The molecule has 558 valence electrons. The first kappa shape index (κ1) is 80.4. The number of unbranched alkanes of at least 4 members (excludes halogenated alkanes) is 5. The molecule has 6 fully saturated rings. The summed E-state index contributed by atoms with van der Waals surface area (Å²) in [5, 5.41) is 168. The maximum atomic E-state index is 13.9. The van der Waals surface area contributed by atoms with E-state index in [1.165, 1.54) is 31.9 Å². The molecule has 5 amide bonds. The molecule has 7 rings (SSSR count). The molecule has 6 aliphatic heterocycles. The van der Waals surface area contributed by atoms with Crippen LogP contribution in [0.4, 0.5) is 0 Å². The van der Waals surface area contributed by atoms with Crippen molar-refractivity contribution in [3.05, 3.63) is 42.0 Å². The van der Waals surface area contributed by atoms with Gasteiger partial charge in [0.05, 0.1) is 45.7 Å². The smallest absolute Gasteiger partial charge is 0.251 e. The van der Waals surface area contributed by atoms with Crippen molar-refractivity contribution in [1.29, 1.82) is 0 Å². The highest BCUT2D eigenvalue weighted by atomic mass is 16.8. The Morgan fingerprint density at radius 2 is 0.878 bits per heavy atom. The lowest BCUT2D eigenvalue weighted by atomic mass is 9.93. The van der Waals surface area contributed by atoms with Gasteiger partial charge in [-0.1, -0.05) is 44.4 Å². The molecule has 14 unspecified atom stereocenters. The third kappa shape index (κ3) is 20.5. The first-order chi connectivity index (χ1) is 46.7. The quantitative estimate of drug-likeness (QED) is 0.0243. The number of carbonyl (C=O) groups is 5. The van der Waals surface area contributed by atoms with Crippen LogP contribution in [0.2, 0.25) is 0 Å². The van der Waals surface area contributed by atoms with Gasteiger partial charge in [-0.15, -0.1) is 0 Å². The average molecular weight is 1410 g/mol. The highest BCUT2D eigenvalue weighted by molar-refractivity contribution is 5.94. The van der Waals surface area contributed by atoms with Gasteiger partial charge in [0.25, 0.3) is 5.91 Å². The van der Waals surface area contributed by atoms with Crippen molar-refractivity contribution < 1.29 is 152 Å². The van der Waals surface area contributed by atoms with Gasteiger partial charge in [-0.25, -0.2) is 0 Å². The number of benzene rings is 1. The van der Waals surface area contributed by atoms with Crippen LogP contribution in [-0.4, -0.2) is 325 Å². The number of allylic oxidation sites excluding steroid dienone is 2. The van der Waals surface area contributed by atoms with Gasteiger partial charge in [-0.2, -0.15) is 0 Å². The first-order valence-corrected chi connectivity index (χ1v) is 32.8. The summed E-state index contributed by atoms with van der Waals surface area (Å²) >= 11 is 0. The minimum atomic E-state index is -2.07. The average Bonchev–Trinajstić information content (AvgIpc) is 0.771. The van der Waals surface area contributed by atoms with E-state index in [2.05, 4.69) is 45.7 Å². The number of ether oxygens (including phenoxy) is 12. The number of aliphatic hydroxyl groups excluding tert-OH is 14. The molecule has 0 saturated carbocycles. The Kier molecular flexibility index (Phi) is 31.1. The molecule has 6 saturated heterocycles. The van der Waals surface area contributed by atoms with Gasteiger partial charge in [0, 0.05) is 33.3 Å². The zero-order chi connectivity index (χ0) is 71.8. The van der Waals surface area contributed by atoms with Crippen molar-refractivity contribution in [1.82, 2.24) is 26.6 Å². The summed E-state index contributed by atoms with van der Waals surface area (Å²) in [4.78, 5) is 65.0. The molecule has 0 aliphatic carbocycles. The van der Waals surface area contributed by atoms with E-state index in [1.54, 1.807) is 12.1 Å². The van der Waals surface area contributed by atoms with E-state index in [-0.39, 0.29) is 5.56 Å². The number of carbonyl (C=O) groups excluding carboxylic acids is 5. The Morgan fingerprint density at radius 3 is 1.34 bits per heavy atom. The molecule has 0 aromatic heterocycles. The van der Waals surface area contributed by atoms with Crippen molar-refractivity contribution in [2.24, 2.45) is 0 Å². The van der Waals surface area contributed by atoms with Gasteiger partial charge in [-0.3, -0.25) is 24.0 Å². The SMILES string of the molecule is CCCCCC/C=C\CCCOc1cccc(C(=O)N[C@H]2C(O)[C@H](O)C(CO)O[C@H]2O[C@H]2C(O)C(NC(C)=O)[C@H](OC3C(CO)O[C@@H](O[C@H]4C(O)C(NC(C)=O)C(OC5C(CO[C@@H]6OC(C)C(O)[C@H](O)[C@H]6O)OC(O)[C@@H](NC(C)=O)[C@H]5O)O[C@H]4CO)[C@@H](NC(C)=O)[C@H]3O)O[C@H]2CO)c1. The summed E-state index contributed by atoms with van der Waals surface area (Å²) < 4.78 is 71.9. The van der Waals surface area contributed by atoms with E-state index in [0.717, 1.165) is 53.4 Å². The van der Waals surface area contributed by atoms with Gasteiger partial charge in [-0.05, 0) is 50.8 Å². The second-order valence-electron chi connectivity index (χ2n) is 25.1. The van der Waals surface area contributed by atoms with Crippen molar-refractivity contribution in [3.63, 3.8) is 0 Å². The molecular formula is C62H99N5O31. The van der Waals surface area contributed by atoms with Crippen LogP contribution in [-0.2, 0) is 71.3 Å². The summed E-state index contributed by atoms with van der Waals surface area (Å²) in [6.45, 7) is 3.29. The van der Waals surface area contributed by atoms with E-state index < -0.39 is 246 Å². The number of nitrogens with one attached hydrogen (secondary N) is 5. The van der Waals surface area contributed by atoms with E-state index in [9.17, 15) is 95.5 Å². The Balaban J connectivity index is 1.07. The van der Waals surface area contributed by atoms with Crippen LogP contribution in [0, 0.1) is 0 Å². The third-order valence-corrected chi connectivity index (χ3v) is 17.6. The van der Waals surface area contributed by atoms with Crippen LogP contribution in [0.1, 0.15) is 96.8 Å². The van der Waals surface area contributed by atoms with Crippen LogP contribution in [0.25, 0.3) is 0 Å².